The second kappa shape index (κ2) is 4.52. The molecule has 2 fully saturated rings. The predicted molar refractivity (Wildman–Crippen MR) is 58.8 cm³/mol. The number of carboxylic acid groups (broad SMARTS) is 1. The molecule has 2 bridgehead atoms. The largest absolute Gasteiger partial charge is 0.481 e. The molecular weight excluding hydrogens is 190 g/mol. The van der Waals surface area contributed by atoms with E-state index in [1.54, 1.807) is 0 Å². The van der Waals surface area contributed by atoms with Crippen molar-refractivity contribution in [1.82, 2.24) is 4.90 Å². The van der Waals surface area contributed by atoms with E-state index in [-0.39, 0.29) is 5.92 Å². The molecule has 0 aromatic heterocycles. The van der Waals surface area contributed by atoms with Crippen LogP contribution in [0.25, 0.3) is 0 Å². The first kappa shape index (κ1) is 10.9. The molecule has 2 rings (SSSR count). The Morgan fingerprint density at radius 1 is 1.33 bits per heavy atom. The van der Waals surface area contributed by atoms with Crippen LogP contribution < -0.4 is 0 Å². The van der Waals surface area contributed by atoms with Crippen molar-refractivity contribution in [3.63, 3.8) is 0 Å². The van der Waals surface area contributed by atoms with Gasteiger partial charge in [-0.15, -0.1) is 0 Å². The van der Waals surface area contributed by atoms with Crippen molar-refractivity contribution in [3.8, 4) is 0 Å². The molecule has 0 aliphatic carbocycles. The summed E-state index contributed by atoms with van der Waals surface area (Å²) >= 11 is 0. The van der Waals surface area contributed by atoms with Crippen molar-refractivity contribution in [1.29, 1.82) is 0 Å². The molecule has 3 nitrogen and oxygen atoms in total. The third kappa shape index (κ3) is 2.17. The van der Waals surface area contributed by atoms with Crippen LogP contribution in [0.4, 0.5) is 0 Å². The van der Waals surface area contributed by atoms with Gasteiger partial charge in [0.15, 0.2) is 0 Å². The minimum atomic E-state index is -0.581. The van der Waals surface area contributed by atoms with E-state index in [0.717, 1.165) is 19.4 Å². The van der Waals surface area contributed by atoms with E-state index in [9.17, 15) is 4.79 Å². The van der Waals surface area contributed by atoms with Crippen LogP contribution in [-0.4, -0.2) is 34.6 Å². The van der Waals surface area contributed by atoms with E-state index in [4.69, 9.17) is 5.11 Å². The SMILES string of the molecule is CCCN1[C@@H]2CCC[C@@H]1CC(C(=O)O)C2. The Morgan fingerprint density at radius 2 is 1.93 bits per heavy atom. The molecule has 2 saturated heterocycles. The van der Waals surface area contributed by atoms with Gasteiger partial charge in [-0.2, -0.15) is 0 Å². The fourth-order valence-corrected chi connectivity index (χ4v) is 3.30. The van der Waals surface area contributed by atoms with Gasteiger partial charge >= 0.3 is 5.97 Å². The highest BCUT2D eigenvalue weighted by atomic mass is 16.4. The predicted octanol–water partition coefficient (Wildman–Crippen LogP) is 2.11. The highest BCUT2D eigenvalue weighted by Gasteiger charge is 2.39. The summed E-state index contributed by atoms with van der Waals surface area (Å²) in [4.78, 5) is 13.6. The zero-order valence-electron chi connectivity index (χ0n) is 9.48. The molecule has 2 atom stereocenters. The normalized spacial score (nSPS) is 36.5. The van der Waals surface area contributed by atoms with Crippen LogP contribution in [0.15, 0.2) is 0 Å². The molecule has 2 aliphatic heterocycles. The highest BCUT2D eigenvalue weighted by molar-refractivity contribution is 5.70. The van der Waals surface area contributed by atoms with Crippen molar-refractivity contribution >= 4 is 5.97 Å². The maximum absolute atomic E-state index is 11.0. The number of hydrogen-bond acceptors (Lipinski definition) is 2. The van der Waals surface area contributed by atoms with Gasteiger partial charge in [-0.05, 0) is 38.6 Å². The van der Waals surface area contributed by atoms with Gasteiger partial charge in [0.1, 0.15) is 0 Å². The Balaban J connectivity index is 2.04. The number of piperidine rings is 2. The molecule has 0 saturated carbocycles. The van der Waals surface area contributed by atoms with Crippen molar-refractivity contribution in [3.05, 3.63) is 0 Å². The summed E-state index contributed by atoms with van der Waals surface area (Å²) in [6.45, 7) is 3.36. The molecule has 0 aromatic carbocycles. The third-order valence-corrected chi connectivity index (χ3v) is 3.96. The Kier molecular flexibility index (Phi) is 3.29. The van der Waals surface area contributed by atoms with Gasteiger partial charge in [-0.3, -0.25) is 9.69 Å². The molecule has 2 heterocycles. The number of carboxylic acids is 1. The zero-order valence-corrected chi connectivity index (χ0v) is 9.48. The Bertz CT molecular complexity index is 228. The first-order valence-electron chi connectivity index (χ1n) is 6.21. The van der Waals surface area contributed by atoms with Crippen molar-refractivity contribution in [2.45, 2.75) is 57.5 Å². The van der Waals surface area contributed by atoms with Crippen LogP contribution in [0.2, 0.25) is 0 Å². The fraction of sp³-hybridized carbons (Fsp3) is 0.917. The average Bonchev–Trinajstić information content (AvgIpc) is 2.17. The third-order valence-electron chi connectivity index (χ3n) is 3.96. The standard InChI is InChI=1S/C12H21NO2/c1-2-6-13-10-4-3-5-11(13)8-9(7-10)12(14)15/h9-11H,2-8H2,1H3,(H,14,15)/t10-,11-/m1/s1. The van der Waals surface area contributed by atoms with Gasteiger partial charge in [0.25, 0.3) is 0 Å². The highest BCUT2D eigenvalue weighted by Crippen LogP contribution is 2.36. The summed E-state index contributed by atoms with van der Waals surface area (Å²) in [5.41, 5.74) is 0. The molecular formula is C12H21NO2. The van der Waals surface area contributed by atoms with E-state index in [0.29, 0.717) is 12.1 Å². The number of hydrogen-bond donors (Lipinski definition) is 1. The van der Waals surface area contributed by atoms with E-state index in [1.807, 2.05) is 0 Å². The molecule has 3 heteroatoms. The van der Waals surface area contributed by atoms with Gasteiger partial charge in [0, 0.05) is 12.1 Å². The molecule has 2 aliphatic rings. The lowest BCUT2D eigenvalue weighted by Crippen LogP contribution is -2.53. The van der Waals surface area contributed by atoms with Gasteiger partial charge < -0.3 is 5.11 Å². The number of nitrogens with zero attached hydrogens (tertiary/aromatic N) is 1. The van der Waals surface area contributed by atoms with Crippen LogP contribution in [0, 0.1) is 5.92 Å². The summed E-state index contributed by atoms with van der Waals surface area (Å²) < 4.78 is 0. The summed E-state index contributed by atoms with van der Waals surface area (Å²) in [6.07, 6.45) is 6.66. The smallest absolute Gasteiger partial charge is 0.306 e. The lowest BCUT2D eigenvalue weighted by Gasteiger charge is -2.48. The number of aliphatic carboxylic acids is 1. The van der Waals surface area contributed by atoms with E-state index in [2.05, 4.69) is 11.8 Å². The summed E-state index contributed by atoms with van der Waals surface area (Å²) in [7, 11) is 0. The van der Waals surface area contributed by atoms with Crippen LogP contribution >= 0.6 is 0 Å². The summed E-state index contributed by atoms with van der Waals surface area (Å²) in [6, 6.07) is 1.11. The maximum Gasteiger partial charge on any atom is 0.306 e. The van der Waals surface area contributed by atoms with Gasteiger partial charge in [-0.1, -0.05) is 13.3 Å². The Labute approximate surface area is 91.5 Å². The van der Waals surface area contributed by atoms with Crippen LogP contribution in [0.5, 0.6) is 0 Å². The molecule has 0 aromatic rings. The topological polar surface area (TPSA) is 40.5 Å². The van der Waals surface area contributed by atoms with Crippen LogP contribution in [0.1, 0.15) is 45.4 Å². The fourth-order valence-electron chi connectivity index (χ4n) is 3.30. The summed E-state index contributed by atoms with van der Waals surface area (Å²) in [5.74, 6) is -0.656. The van der Waals surface area contributed by atoms with Crippen molar-refractivity contribution in [2.75, 3.05) is 6.54 Å². The minimum absolute atomic E-state index is 0.0755. The lowest BCUT2D eigenvalue weighted by molar-refractivity contribution is -0.146. The average molecular weight is 211 g/mol. The lowest BCUT2D eigenvalue weighted by atomic mass is 9.78. The molecule has 0 amide bonds. The minimum Gasteiger partial charge on any atom is -0.481 e. The Morgan fingerprint density at radius 3 is 2.40 bits per heavy atom. The quantitative estimate of drug-likeness (QED) is 0.777. The second-order valence-electron chi connectivity index (χ2n) is 4.98. The van der Waals surface area contributed by atoms with Crippen LogP contribution in [-0.2, 0) is 4.79 Å². The Hall–Kier alpha value is -0.570. The van der Waals surface area contributed by atoms with Gasteiger partial charge in [0.2, 0.25) is 0 Å². The second-order valence-corrected chi connectivity index (χ2v) is 4.98. The van der Waals surface area contributed by atoms with Gasteiger partial charge in [-0.25, -0.2) is 0 Å². The van der Waals surface area contributed by atoms with Crippen molar-refractivity contribution in [2.24, 2.45) is 5.92 Å². The van der Waals surface area contributed by atoms with Gasteiger partial charge in [0.05, 0.1) is 5.92 Å². The van der Waals surface area contributed by atoms with E-state index < -0.39 is 5.97 Å². The van der Waals surface area contributed by atoms with Crippen LogP contribution in [0.3, 0.4) is 0 Å². The number of carbonyl (C=O) groups is 1. The number of fused-ring (bicyclic) bond motifs is 2. The molecule has 0 spiro atoms. The van der Waals surface area contributed by atoms with E-state index in [1.165, 1.54) is 25.7 Å². The molecule has 15 heavy (non-hydrogen) atoms. The first-order valence-corrected chi connectivity index (χ1v) is 6.21. The number of rotatable bonds is 3. The molecule has 86 valence electrons. The van der Waals surface area contributed by atoms with E-state index >= 15 is 0 Å². The monoisotopic (exact) mass is 211 g/mol. The summed E-state index contributed by atoms with van der Waals surface area (Å²) in [5, 5.41) is 9.09. The first-order chi connectivity index (χ1) is 7.22. The molecule has 0 radical (unpaired) electrons. The molecule has 0 unspecified atom stereocenters. The van der Waals surface area contributed by atoms with Crippen molar-refractivity contribution < 1.29 is 9.90 Å². The molecule has 1 N–H and O–H groups in total. The maximum atomic E-state index is 11.0. The zero-order chi connectivity index (χ0) is 10.8.